The smallest absolute Gasteiger partial charge is 0.0540 e. The maximum absolute atomic E-state index is 2.42. The van der Waals surface area contributed by atoms with Gasteiger partial charge in [-0.1, -0.05) is 180 Å². The Labute approximate surface area is 326 Å². The number of rotatable bonds is 9. The molecule has 8 rings (SSSR count). The summed E-state index contributed by atoms with van der Waals surface area (Å²) in [5.41, 5.74) is 18.0. The Hall–Kier alpha value is -6.70. The highest BCUT2D eigenvalue weighted by molar-refractivity contribution is 6.06. The SMILES string of the molecule is Cc1ccc(C(=Cc2ccc(N(c3ccc(C)cc3C)c3ccc(C=C(c4ccccc4)c4ccccc4)c4ccccc34)cc2)c2ccc(C)cc2)cc1. The summed E-state index contributed by atoms with van der Waals surface area (Å²) >= 11 is 0. The topological polar surface area (TPSA) is 3.24 Å². The lowest BCUT2D eigenvalue weighted by molar-refractivity contribution is 1.25. The minimum Gasteiger partial charge on any atom is -0.310 e. The molecule has 0 unspecified atom stereocenters. The third-order valence-electron chi connectivity index (χ3n) is 10.4. The lowest BCUT2D eigenvalue weighted by Crippen LogP contribution is -2.12. The molecule has 0 N–H and O–H groups in total. The molecule has 1 nitrogen and oxygen atoms in total. The first kappa shape index (κ1) is 35.3. The van der Waals surface area contributed by atoms with E-state index in [0.717, 1.165) is 22.6 Å². The first-order chi connectivity index (χ1) is 26.9. The largest absolute Gasteiger partial charge is 0.310 e. The van der Waals surface area contributed by atoms with E-state index in [2.05, 4.69) is 233 Å². The highest BCUT2D eigenvalue weighted by atomic mass is 15.1. The third-order valence-corrected chi connectivity index (χ3v) is 10.4. The second kappa shape index (κ2) is 15.7. The van der Waals surface area contributed by atoms with Crippen LogP contribution in [0, 0.1) is 27.7 Å². The van der Waals surface area contributed by atoms with Crippen LogP contribution in [-0.4, -0.2) is 0 Å². The van der Waals surface area contributed by atoms with Crippen LogP contribution >= 0.6 is 0 Å². The Balaban J connectivity index is 1.26. The fourth-order valence-corrected chi connectivity index (χ4v) is 7.50. The molecular formula is C54H45N. The van der Waals surface area contributed by atoms with E-state index >= 15 is 0 Å². The minimum absolute atomic E-state index is 1.11. The minimum atomic E-state index is 1.11. The van der Waals surface area contributed by atoms with E-state index in [1.165, 1.54) is 72.0 Å². The van der Waals surface area contributed by atoms with Crippen molar-refractivity contribution >= 4 is 51.1 Å². The number of fused-ring (bicyclic) bond motifs is 1. The van der Waals surface area contributed by atoms with Gasteiger partial charge in [-0.15, -0.1) is 0 Å². The van der Waals surface area contributed by atoms with Gasteiger partial charge in [-0.25, -0.2) is 0 Å². The predicted molar refractivity (Wildman–Crippen MR) is 237 cm³/mol. The van der Waals surface area contributed by atoms with E-state index < -0.39 is 0 Å². The zero-order valence-corrected chi connectivity index (χ0v) is 32.0. The van der Waals surface area contributed by atoms with Gasteiger partial charge in [-0.05, 0) is 120 Å². The van der Waals surface area contributed by atoms with Crippen molar-refractivity contribution in [3.63, 3.8) is 0 Å². The van der Waals surface area contributed by atoms with Gasteiger partial charge < -0.3 is 4.90 Å². The second-order valence-corrected chi connectivity index (χ2v) is 14.5. The normalized spacial score (nSPS) is 10.9. The first-order valence-corrected chi connectivity index (χ1v) is 19.1. The molecule has 0 fully saturated rings. The molecule has 8 aromatic rings. The van der Waals surface area contributed by atoms with Crippen LogP contribution in [0.4, 0.5) is 17.1 Å². The Morgan fingerprint density at radius 3 is 1.42 bits per heavy atom. The predicted octanol–water partition coefficient (Wildman–Crippen LogP) is 14.7. The zero-order chi connectivity index (χ0) is 37.7. The molecule has 0 saturated carbocycles. The summed E-state index contributed by atoms with van der Waals surface area (Å²) in [5.74, 6) is 0. The maximum Gasteiger partial charge on any atom is 0.0540 e. The Kier molecular flexibility index (Phi) is 10.1. The van der Waals surface area contributed by atoms with E-state index in [1.54, 1.807) is 0 Å². The van der Waals surface area contributed by atoms with Crippen molar-refractivity contribution in [3.8, 4) is 0 Å². The van der Waals surface area contributed by atoms with Gasteiger partial charge in [-0.3, -0.25) is 0 Å². The van der Waals surface area contributed by atoms with Crippen molar-refractivity contribution in [2.75, 3.05) is 4.90 Å². The maximum atomic E-state index is 2.42. The molecule has 266 valence electrons. The van der Waals surface area contributed by atoms with E-state index in [9.17, 15) is 0 Å². The van der Waals surface area contributed by atoms with Crippen molar-refractivity contribution in [1.82, 2.24) is 0 Å². The van der Waals surface area contributed by atoms with Crippen LogP contribution in [-0.2, 0) is 0 Å². The molecule has 1 heteroatoms. The van der Waals surface area contributed by atoms with Crippen molar-refractivity contribution in [1.29, 1.82) is 0 Å². The van der Waals surface area contributed by atoms with Crippen LogP contribution in [0.25, 0.3) is 34.1 Å². The van der Waals surface area contributed by atoms with Crippen molar-refractivity contribution in [3.05, 3.63) is 244 Å². The zero-order valence-electron chi connectivity index (χ0n) is 32.0. The molecule has 0 atom stereocenters. The van der Waals surface area contributed by atoms with Gasteiger partial charge in [0.15, 0.2) is 0 Å². The lowest BCUT2D eigenvalue weighted by atomic mass is 9.93. The molecule has 8 aromatic carbocycles. The van der Waals surface area contributed by atoms with Gasteiger partial charge in [0.25, 0.3) is 0 Å². The molecule has 0 aliphatic carbocycles. The van der Waals surface area contributed by atoms with Gasteiger partial charge in [0.1, 0.15) is 0 Å². The molecule has 0 aliphatic rings. The number of anilines is 3. The Bertz CT molecular complexity index is 2540. The molecule has 0 heterocycles. The van der Waals surface area contributed by atoms with E-state index in [4.69, 9.17) is 0 Å². The van der Waals surface area contributed by atoms with Crippen molar-refractivity contribution in [2.24, 2.45) is 0 Å². The molecular weight excluding hydrogens is 663 g/mol. The molecule has 0 amide bonds. The second-order valence-electron chi connectivity index (χ2n) is 14.5. The molecule has 0 radical (unpaired) electrons. The number of nitrogens with zero attached hydrogens (tertiary/aromatic N) is 1. The number of aryl methyl sites for hydroxylation is 4. The average Bonchev–Trinajstić information content (AvgIpc) is 3.22. The van der Waals surface area contributed by atoms with Gasteiger partial charge >= 0.3 is 0 Å². The van der Waals surface area contributed by atoms with E-state index in [1.807, 2.05) is 0 Å². The van der Waals surface area contributed by atoms with E-state index in [-0.39, 0.29) is 0 Å². The summed E-state index contributed by atoms with van der Waals surface area (Å²) in [6.07, 6.45) is 4.66. The molecule has 0 saturated heterocycles. The van der Waals surface area contributed by atoms with E-state index in [0.29, 0.717) is 0 Å². The lowest BCUT2D eigenvalue weighted by Gasteiger charge is -2.29. The fourth-order valence-electron chi connectivity index (χ4n) is 7.50. The quantitative estimate of drug-likeness (QED) is 0.135. The molecule has 0 aromatic heterocycles. The third kappa shape index (κ3) is 7.70. The average molecular weight is 708 g/mol. The van der Waals surface area contributed by atoms with Gasteiger partial charge in [0, 0.05) is 16.8 Å². The van der Waals surface area contributed by atoms with Gasteiger partial charge in [0.2, 0.25) is 0 Å². The molecule has 55 heavy (non-hydrogen) atoms. The fraction of sp³-hybridized carbons (Fsp3) is 0.0741. The number of hydrogen-bond acceptors (Lipinski definition) is 1. The van der Waals surface area contributed by atoms with Crippen LogP contribution in [0.1, 0.15) is 55.6 Å². The summed E-state index contributed by atoms with van der Waals surface area (Å²) < 4.78 is 0. The molecule has 0 bridgehead atoms. The van der Waals surface area contributed by atoms with Crippen LogP contribution in [0.3, 0.4) is 0 Å². The van der Waals surface area contributed by atoms with Crippen molar-refractivity contribution < 1.29 is 0 Å². The summed E-state index contributed by atoms with van der Waals surface area (Å²) in [6, 6.07) is 68.2. The summed E-state index contributed by atoms with van der Waals surface area (Å²) in [7, 11) is 0. The van der Waals surface area contributed by atoms with Crippen molar-refractivity contribution in [2.45, 2.75) is 27.7 Å². The van der Waals surface area contributed by atoms with Crippen LogP contribution < -0.4 is 4.90 Å². The Morgan fingerprint density at radius 1 is 0.382 bits per heavy atom. The highest BCUT2D eigenvalue weighted by Crippen LogP contribution is 2.42. The van der Waals surface area contributed by atoms with Crippen LogP contribution in [0.15, 0.2) is 188 Å². The monoisotopic (exact) mass is 707 g/mol. The standard InChI is InChI=1S/C54H45N/c1-38-19-26-45(27-20-38)51(46-28-21-39(2)22-29-46)36-42-24-31-48(32-25-42)55(53-33-23-40(3)35-41(53)4)54-34-30-47(49-17-11-12-18-50(49)54)37-52(43-13-7-5-8-14-43)44-15-9-6-10-16-44/h5-37H,1-4H3. The highest BCUT2D eigenvalue weighted by Gasteiger charge is 2.19. The first-order valence-electron chi connectivity index (χ1n) is 19.1. The summed E-state index contributed by atoms with van der Waals surface area (Å²) in [5, 5.41) is 2.40. The molecule has 0 spiro atoms. The molecule has 0 aliphatic heterocycles. The van der Waals surface area contributed by atoms with Gasteiger partial charge in [0.05, 0.1) is 5.69 Å². The summed E-state index contributed by atoms with van der Waals surface area (Å²) in [4.78, 5) is 2.42. The van der Waals surface area contributed by atoms with Crippen LogP contribution in [0.2, 0.25) is 0 Å². The number of benzene rings is 8. The van der Waals surface area contributed by atoms with Crippen LogP contribution in [0.5, 0.6) is 0 Å². The summed E-state index contributed by atoms with van der Waals surface area (Å²) in [6.45, 7) is 8.65. The van der Waals surface area contributed by atoms with Gasteiger partial charge in [-0.2, -0.15) is 0 Å². The Morgan fingerprint density at radius 2 is 0.855 bits per heavy atom. The number of hydrogen-bond donors (Lipinski definition) is 0.